The molecule has 37 heavy (non-hydrogen) atoms. The fourth-order valence-electron chi connectivity index (χ4n) is 5.09. The lowest BCUT2D eigenvalue weighted by molar-refractivity contribution is -0.186. The molecule has 13 heteroatoms. The number of sulfonamides is 1. The van der Waals surface area contributed by atoms with Crippen LogP contribution in [0.2, 0.25) is 0 Å². The maximum Gasteiger partial charge on any atom is 0.471 e. The number of piperidine rings is 1. The average Bonchev–Trinajstić information content (AvgIpc) is 2.87. The molecule has 198 valence electrons. The fourth-order valence-corrected chi connectivity index (χ4v) is 7.02. The Morgan fingerprint density at radius 2 is 1.73 bits per heavy atom. The van der Waals surface area contributed by atoms with Crippen molar-refractivity contribution in [2.45, 2.75) is 49.5 Å². The molecule has 1 saturated heterocycles. The smallest absolute Gasteiger partial charge is 0.444 e. The van der Waals surface area contributed by atoms with Gasteiger partial charge in [0.05, 0.1) is 10.6 Å². The SMILES string of the molecule is O=C1OCc2cc(Br)ccc2N1C1CCN(S(=O)(=O)c2ccc3c(c2)CN(C(=O)C(F)(F)F)CC3)CC1. The molecule has 2 aromatic carbocycles. The summed E-state index contributed by atoms with van der Waals surface area (Å²) >= 11 is 3.41. The van der Waals surface area contributed by atoms with Gasteiger partial charge in [0.2, 0.25) is 10.0 Å². The summed E-state index contributed by atoms with van der Waals surface area (Å²) in [4.78, 5) is 26.5. The van der Waals surface area contributed by atoms with E-state index in [0.717, 1.165) is 21.3 Å². The van der Waals surface area contributed by atoms with Gasteiger partial charge in [-0.25, -0.2) is 13.2 Å². The predicted octanol–water partition coefficient (Wildman–Crippen LogP) is 4.21. The van der Waals surface area contributed by atoms with E-state index in [1.165, 1.54) is 16.4 Å². The number of hydrogen-bond donors (Lipinski definition) is 0. The van der Waals surface area contributed by atoms with Crippen LogP contribution >= 0.6 is 15.9 Å². The molecule has 0 saturated carbocycles. The molecule has 3 heterocycles. The maximum atomic E-state index is 13.4. The van der Waals surface area contributed by atoms with Crippen molar-refractivity contribution < 1.29 is 35.9 Å². The normalized spacial score (nSPS) is 19.3. The number of carbonyl (C=O) groups is 2. The van der Waals surface area contributed by atoms with Crippen LogP contribution in [0.4, 0.5) is 23.7 Å². The molecule has 3 aliphatic rings. The van der Waals surface area contributed by atoms with Crippen LogP contribution in [-0.4, -0.2) is 61.5 Å². The molecular formula is C24H23BrF3N3O5S. The van der Waals surface area contributed by atoms with Gasteiger partial charge in [0.1, 0.15) is 6.61 Å². The Hall–Kier alpha value is -2.64. The van der Waals surface area contributed by atoms with Crippen LogP contribution < -0.4 is 4.90 Å². The van der Waals surface area contributed by atoms with Gasteiger partial charge in [-0.1, -0.05) is 22.0 Å². The van der Waals surface area contributed by atoms with E-state index < -0.39 is 28.2 Å². The number of carbonyl (C=O) groups excluding carboxylic acids is 2. The number of anilines is 1. The summed E-state index contributed by atoms with van der Waals surface area (Å²) in [5.74, 6) is -1.93. The lowest BCUT2D eigenvalue weighted by atomic mass is 10.00. The van der Waals surface area contributed by atoms with Crippen LogP contribution in [-0.2, 0) is 39.1 Å². The highest BCUT2D eigenvalue weighted by Crippen LogP contribution is 2.35. The Bertz CT molecular complexity index is 1360. The number of nitrogens with zero attached hydrogens (tertiary/aromatic N) is 3. The Kier molecular flexibility index (Phi) is 6.73. The molecule has 2 aromatic rings. The number of ether oxygens (including phenoxy) is 1. The minimum Gasteiger partial charge on any atom is -0.444 e. The van der Waals surface area contributed by atoms with Crippen molar-refractivity contribution >= 4 is 43.6 Å². The molecular weight excluding hydrogens is 579 g/mol. The van der Waals surface area contributed by atoms with Gasteiger partial charge in [-0.2, -0.15) is 17.5 Å². The quantitative estimate of drug-likeness (QED) is 0.526. The van der Waals surface area contributed by atoms with E-state index in [2.05, 4.69) is 15.9 Å². The molecule has 3 aliphatic heterocycles. The first kappa shape index (κ1) is 26.0. The van der Waals surface area contributed by atoms with Gasteiger partial charge in [0, 0.05) is 42.3 Å². The van der Waals surface area contributed by atoms with Crippen molar-refractivity contribution in [2.24, 2.45) is 0 Å². The van der Waals surface area contributed by atoms with Gasteiger partial charge in [-0.15, -0.1) is 0 Å². The minimum atomic E-state index is -4.98. The van der Waals surface area contributed by atoms with Gasteiger partial charge in [-0.3, -0.25) is 9.69 Å². The number of rotatable bonds is 3. The highest BCUT2D eigenvalue weighted by atomic mass is 79.9. The molecule has 0 N–H and O–H groups in total. The number of fused-ring (bicyclic) bond motifs is 2. The van der Waals surface area contributed by atoms with Crippen molar-refractivity contribution in [3.05, 3.63) is 57.6 Å². The molecule has 0 radical (unpaired) electrons. The van der Waals surface area contributed by atoms with Crippen LogP contribution in [0.25, 0.3) is 0 Å². The number of alkyl halides is 3. The van der Waals surface area contributed by atoms with Crippen molar-refractivity contribution in [2.75, 3.05) is 24.5 Å². The van der Waals surface area contributed by atoms with Crippen molar-refractivity contribution in [3.8, 4) is 0 Å². The van der Waals surface area contributed by atoms with Gasteiger partial charge in [0.15, 0.2) is 0 Å². The Labute approximate surface area is 220 Å². The van der Waals surface area contributed by atoms with Gasteiger partial charge < -0.3 is 9.64 Å². The van der Waals surface area contributed by atoms with E-state index in [1.54, 1.807) is 11.0 Å². The van der Waals surface area contributed by atoms with E-state index in [4.69, 9.17) is 4.74 Å². The summed E-state index contributed by atoms with van der Waals surface area (Å²) in [6.45, 7) is 0.119. The molecule has 0 spiro atoms. The summed E-state index contributed by atoms with van der Waals surface area (Å²) in [6.07, 6.45) is -4.45. The van der Waals surface area contributed by atoms with Gasteiger partial charge in [-0.05, 0) is 60.7 Å². The average molecular weight is 602 g/mol. The van der Waals surface area contributed by atoms with Crippen molar-refractivity contribution in [1.82, 2.24) is 9.21 Å². The van der Waals surface area contributed by atoms with Crippen LogP contribution in [0, 0.1) is 0 Å². The predicted molar refractivity (Wildman–Crippen MR) is 130 cm³/mol. The van der Waals surface area contributed by atoms with E-state index in [-0.39, 0.29) is 50.1 Å². The third-order valence-corrected chi connectivity index (χ3v) is 9.38. The summed E-state index contributed by atoms with van der Waals surface area (Å²) in [7, 11) is -3.93. The molecule has 1 fully saturated rings. The first-order chi connectivity index (χ1) is 17.4. The van der Waals surface area contributed by atoms with E-state index in [1.807, 2.05) is 18.2 Å². The Morgan fingerprint density at radius 1 is 1.00 bits per heavy atom. The molecule has 0 bridgehead atoms. The highest BCUT2D eigenvalue weighted by Gasteiger charge is 2.43. The molecule has 8 nitrogen and oxygen atoms in total. The summed E-state index contributed by atoms with van der Waals surface area (Å²) in [5, 5.41) is 0. The standard InChI is InChI=1S/C24H23BrF3N3O5S/c25-18-2-4-21-17(11-18)14-36-23(33)31(21)19-6-9-30(10-7-19)37(34,35)20-3-1-15-5-8-29(13-16(15)12-20)22(32)24(26,27)28/h1-4,11-12,19H,5-10,13-14H2. The fraction of sp³-hybridized carbons (Fsp3) is 0.417. The lowest BCUT2D eigenvalue weighted by Crippen LogP contribution is -2.50. The summed E-state index contributed by atoms with van der Waals surface area (Å²) in [6, 6.07) is 9.73. The second kappa shape index (κ2) is 9.59. The van der Waals surface area contributed by atoms with Crippen molar-refractivity contribution in [3.63, 3.8) is 0 Å². The molecule has 0 aliphatic carbocycles. The van der Waals surface area contributed by atoms with Gasteiger partial charge in [0.25, 0.3) is 0 Å². The maximum absolute atomic E-state index is 13.4. The number of halogens is 4. The van der Waals surface area contributed by atoms with Crippen LogP contribution in [0.15, 0.2) is 45.8 Å². The zero-order chi connectivity index (χ0) is 26.5. The second-order valence-electron chi connectivity index (χ2n) is 9.24. The first-order valence-corrected chi connectivity index (χ1v) is 13.9. The Morgan fingerprint density at radius 3 is 2.43 bits per heavy atom. The monoisotopic (exact) mass is 601 g/mol. The van der Waals surface area contributed by atoms with Crippen LogP contribution in [0.5, 0.6) is 0 Å². The largest absolute Gasteiger partial charge is 0.471 e. The molecule has 2 amide bonds. The molecule has 0 unspecified atom stereocenters. The number of benzene rings is 2. The van der Waals surface area contributed by atoms with E-state index in [9.17, 15) is 31.2 Å². The van der Waals surface area contributed by atoms with Gasteiger partial charge >= 0.3 is 18.2 Å². The Balaban J connectivity index is 1.31. The molecule has 5 rings (SSSR count). The number of hydrogen-bond acceptors (Lipinski definition) is 5. The van der Waals surface area contributed by atoms with E-state index in [0.29, 0.717) is 23.3 Å². The zero-order valence-corrected chi connectivity index (χ0v) is 21.9. The summed E-state index contributed by atoms with van der Waals surface area (Å²) < 4.78 is 72.9. The summed E-state index contributed by atoms with van der Waals surface area (Å²) in [5.41, 5.74) is 2.71. The molecule has 0 aromatic heterocycles. The highest BCUT2D eigenvalue weighted by molar-refractivity contribution is 9.10. The third kappa shape index (κ3) is 4.96. The van der Waals surface area contributed by atoms with Crippen LogP contribution in [0.3, 0.4) is 0 Å². The second-order valence-corrected chi connectivity index (χ2v) is 12.1. The first-order valence-electron chi connectivity index (χ1n) is 11.7. The number of amides is 2. The van der Waals surface area contributed by atoms with Crippen LogP contribution in [0.1, 0.15) is 29.5 Å². The topological polar surface area (TPSA) is 87.2 Å². The minimum absolute atomic E-state index is 0.0291. The van der Waals surface area contributed by atoms with E-state index >= 15 is 0 Å². The number of cyclic esters (lactones) is 1. The zero-order valence-electron chi connectivity index (χ0n) is 19.5. The van der Waals surface area contributed by atoms with Crippen molar-refractivity contribution in [1.29, 1.82) is 0 Å². The molecule has 0 atom stereocenters. The third-order valence-electron chi connectivity index (χ3n) is 7.00. The lowest BCUT2D eigenvalue weighted by Gasteiger charge is -2.39.